The van der Waals surface area contributed by atoms with Crippen molar-refractivity contribution in [2.45, 2.75) is 55.3 Å². The molecule has 1 atom stereocenters. The van der Waals surface area contributed by atoms with Gasteiger partial charge in [-0.25, -0.2) is 0 Å². The van der Waals surface area contributed by atoms with Crippen LogP contribution in [0.5, 0.6) is 0 Å². The summed E-state index contributed by atoms with van der Waals surface area (Å²) in [5, 5.41) is 3.09. The first kappa shape index (κ1) is 14.4. The molecule has 0 spiro atoms. The molecule has 1 aromatic carbocycles. The van der Waals surface area contributed by atoms with Crippen LogP contribution in [0, 0.1) is 0 Å². The van der Waals surface area contributed by atoms with Gasteiger partial charge >= 0.3 is 0 Å². The second kappa shape index (κ2) is 6.96. The van der Waals surface area contributed by atoms with Crippen molar-refractivity contribution in [1.29, 1.82) is 0 Å². The van der Waals surface area contributed by atoms with E-state index in [2.05, 4.69) is 5.32 Å². The predicted molar refractivity (Wildman–Crippen MR) is 80.1 cm³/mol. The lowest BCUT2D eigenvalue weighted by Gasteiger charge is -2.16. The molecule has 104 valence electrons. The van der Waals surface area contributed by atoms with Crippen LogP contribution < -0.4 is 11.1 Å². The molecular weight excluding hydrogens is 256 g/mol. The van der Waals surface area contributed by atoms with Gasteiger partial charge in [-0.15, -0.1) is 11.8 Å². The van der Waals surface area contributed by atoms with Gasteiger partial charge < -0.3 is 11.1 Å². The van der Waals surface area contributed by atoms with Crippen LogP contribution in [-0.4, -0.2) is 17.2 Å². The average Bonchev–Trinajstić information content (AvgIpc) is 2.92. The SMILES string of the molecule is CC(Sc1ccc(CN)cc1)C(=O)NC1CCCC1. The molecule has 0 radical (unpaired) electrons. The molecule has 0 saturated heterocycles. The van der Waals surface area contributed by atoms with Crippen molar-refractivity contribution in [1.82, 2.24) is 5.32 Å². The Kier molecular flexibility index (Phi) is 5.28. The standard InChI is InChI=1S/C15H22N2OS/c1-11(15(18)17-13-4-2-3-5-13)19-14-8-6-12(10-16)7-9-14/h6-9,11,13H,2-5,10,16H2,1H3,(H,17,18). The van der Waals surface area contributed by atoms with Crippen molar-refractivity contribution >= 4 is 17.7 Å². The smallest absolute Gasteiger partial charge is 0.233 e. The molecule has 1 saturated carbocycles. The van der Waals surface area contributed by atoms with Crippen molar-refractivity contribution in [2.75, 3.05) is 0 Å². The van der Waals surface area contributed by atoms with Crippen LogP contribution in [-0.2, 0) is 11.3 Å². The minimum atomic E-state index is -0.0515. The summed E-state index contributed by atoms with van der Waals surface area (Å²) in [5.41, 5.74) is 6.69. The molecule has 4 heteroatoms. The van der Waals surface area contributed by atoms with Gasteiger partial charge in [-0.3, -0.25) is 4.79 Å². The summed E-state index contributed by atoms with van der Waals surface area (Å²) in [6, 6.07) is 8.50. The van der Waals surface area contributed by atoms with Crippen LogP contribution >= 0.6 is 11.8 Å². The fourth-order valence-corrected chi connectivity index (χ4v) is 3.23. The summed E-state index contributed by atoms with van der Waals surface area (Å²) in [4.78, 5) is 13.2. The van der Waals surface area contributed by atoms with Crippen LogP contribution in [0.2, 0.25) is 0 Å². The molecule has 1 amide bonds. The number of nitrogens with one attached hydrogen (secondary N) is 1. The second-order valence-electron chi connectivity index (χ2n) is 5.10. The first-order chi connectivity index (χ1) is 9.19. The molecule has 0 heterocycles. The van der Waals surface area contributed by atoms with E-state index in [0.717, 1.165) is 23.3 Å². The van der Waals surface area contributed by atoms with Crippen molar-refractivity contribution in [2.24, 2.45) is 5.73 Å². The Morgan fingerprint density at radius 3 is 2.58 bits per heavy atom. The third-order valence-corrected chi connectivity index (χ3v) is 4.65. The molecule has 1 aromatic rings. The Bertz CT molecular complexity index is 413. The highest BCUT2D eigenvalue weighted by molar-refractivity contribution is 8.00. The summed E-state index contributed by atoms with van der Waals surface area (Å²) in [6.45, 7) is 2.52. The van der Waals surface area contributed by atoms with Gasteiger partial charge in [0.15, 0.2) is 0 Å². The van der Waals surface area contributed by atoms with E-state index in [0.29, 0.717) is 12.6 Å². The van der Waals surface area contributed by atoms with E-state index in [1.165, 1.54) is 12.8 Å². The first-order valence-electron chi connectivity index (χ1n) is 6.95. The Hall–Kier alpha value is -1.00. The number of rotatable bonds is 5. The number of carbonyl (C=O) groups is 1. The molecule has 1 aliphatic carbocycles. The summed E-state index contributed by atoms with van der Waals surface area (Å²) < 4.78 is 0. The van der Waals surface area contributed by atoms with E-state index in [4.69, 9.17) is 5.73 Å². The van der Waals surface area contributed by atoms with E-state index in [9.17, 15) is 4.79 Å². The molecule has 3 nitrogen and oxygen atoms in total. The monoisotopic (exact) mass is 278 g/mol. The highest BCUT2D eigenvalue weighted by Gasteiger charge is 2.21. The Morgan fingerprint density at radius 1 is 1.37 bits per heavy atom. The normalized spacial score (nSPS) is 17.4. The maximum Gasteiger partial charge on any atom is 0.233 e. The lowest BCUT2D eigenvalue weighted by Crippen LogP contribution is -2.37. The summed E-state index contributed by atoms with van der Waals surface area (Å²) in [6.07, 6.45) is 4.75. The third kappa shape index (κ3) is 4.25. The molecule has 0 aliphatic heterocycles. The van der Waals surface area contributed by atoms with Crippen LogP contribution in [0.4, 0.5) is 0 Å². The number of hydrogen-bond acceptors (Lipinski definition) is 3. The summed E-state index contributed by atoms with van der Waals surface area (Å²) in [5.74, 6) is 0.153. The number of hydrogen-bond donors (Lipinski definition) is 2. The molecule has 1 aliphatic rings. The van der Waals surface area contributed by atoms with Gasteiger partial charge in [-0.2, -0.15) is 0 Å². The van der Waals surface area contributed by atoms with E-state index in [-0.39, 0.29) is 11.2 Å². The fourth-order valence-electron chi connectivity index (χ4n) is 2.35. The Labute approximate surface area is 119 Å². The summed E-state index contributed by atoms with van der Waals surface area (Å²) >= 11 is 1.60. The molecule has 0 aromatic heterocycles. The lowest BCUT2D eigenvalue weighted by atomic mass is 10.2. The maximum absolute atomic E-state index is 12.1. The molecule has 1 unspecified atom stereocenters. The van der Waals surface area contributed by atoms with Crippen LogP contribution in [0.3, 0.4) is 0 Å². The molecule has 19 heavy (non-hydrogen) atoms. The Balaban J connectivity index is 1.84. The zero-order valence-corrected chi connectivity index (χ0v) is 12.2. The van der Waals surface area contributed by atoms with Crippen molar-refractivity contribution in [3.63, 3.8) is 0 Å². The number of carbonyl (C=O) groups excluding carboxylic acids is 1. The lowest BCUT2D eigenvalue weighted by molar-refractivity contribution is -0.120. The van der Waals surface area contributed by atoms with Crippen molar-refractivity contribution in [3.05, 3.63) is 29.8 Å². The number of nitrogens with two attached hydrogens (primary N) is 1. The quantitative estimate of drug-likeness (QED) is 0.814. The van der Waals surface area contributed by atoms with Gasteiger partial charge in [0.2, 0.25) is 5.91 Å². The number of benzene rings is 1. The van der Waals surface area contributed by atoms with Gasteiger partial charge in [0.25, 0.3) is 0 Å². The van der Waals surface area contributed by atoms with Gasteiger partial charge in [-0.1, -0.05) is 25.0 Å². The minimum absolute atomic E-state index is 0.0515. The minimum Gasteiger partial charge on any atom is -0.352 e. The number of amides is 1. The molecular formula is C15H22N2OS. The van der Waals surface area contributed by atoms with Gasteiger partial charge in [0.1, 0.15) is 0 Å². The highest BCUT2D eigenvalue weighted by atomic mass is 32.2. The maximum atomic E-state index is 12.1. The van der Waals surface area contributed by atoms with Gasteiger partial charge in [-0.05, 0) is 37.5 Å². The largest absolute Gasteiger partial charge is 0.352 e. The third-order valence-electron chi connectivity index (χ3n) is 3.54. The van der Waals surface area contributed by atoms with Crippen molar-refractivity contribution in [3.8, 4) is 0 Å². The van der Waals surface area contributed by atoms with E-state index in [1.807, 2.05) is 31.2 Å². The average molecular weight is 278 g/mol. The van der Waals surface area contributed by atoms with Gasteiger partial charge in [0.05, 0.1) is 5.25 Å². The Morgan fingerprint density at radius 2 is 2.00 bits per heavy atom. The van der Waals surface area contributed by atoms with Gasteiger partial charge in [0, 0.05) is 17.5 Å². The zero-order valence-electron chi connectivity index (χ0n) is 11.4. The number of thioether (sulfide) groups is 1. The van der Waals surface area contributed by atoms with Crippen molar-refractivity contribution < 1.29 is 4.79 Å². The van der Waals surface area contributed by atoms with E-state index < -0.39 is 0 Å². The first-order valence-corrected chi connectivity index (χ1v) is 7.83. The molecule has 2 rings (SSSR count). The predicted octanol–water partition coefficient (Wildman–Crippen LogP) is 2.68. The molecule has 3 N–H and O–H groups in total. The van der Waals surface area contributed by atoms with E-state index in [1.54, 1.807) is 11.8 Å². The second-order valence-corrected chi connectivity index (χ2v) is 6.51. The molecule has 0 bridgehead atoms. The topological polar surface area (TPSA) is 55.1 Å². The van der Waals surface area contributed by atoms with E-state index >= 15 is 0 Å². The zero-order chi connectivity index (χ0) is 13.7. The fraction of sp³-hybridized carbons (Fsp3) is 0.533. The van der Waals surface area contributed by atoms with Crippen LogP contribution in [0.1, 0.15) is 38.2 Å². The summed E-state index contributed by atoms with van der Waals surface area (Å²) in [7, 11) is 0. The molecule has 1 fully saturated rings. The highest BCUT2D eigenvalue weighted by Crippen LogP contribution is 2.24. The van der Waals surface area contributed by atoms with Crippen LogP contribution in [0.25, 0.3) is 0 Å². The van der Waals surface area contributed by atoms with Crippen LogP contribution in [0.15, 0.2) is 29.2 Å².